The van der Waals surface area contributed by atoms with E-state index in [2.05, 4.69) is 10.3 Å². The highest BCUT2D eigenvalue weighted by Gasteiger charge is 1.96. The van der Waals surface area contributed by atoms with Crippen LogP contribution in [0.5, 0.6) is 0 Å². The lowest BCUT2D eigenvalue weighted by atomic mass is 10.4. The first-order valence-corrected chi connectivity index (χ1v) is 4.30. The second-order valence-electron chi connectivity index (χ2n) is 1.85. The van der Waals surface area contributed by atoms with Crippen LogP contribution in [-0.4, -0.2) is 16.5 Å². The Kier molecular flexibility index (Phi) is 2.92. The van der Waals surface area contributed by atoms with E-state index in [1.165, 1.54) is 0 Å². The number of anilines is 1. The molecule has 3 nitrogen and oxygen atoms in total. The fraction of sp³-hybridized carbons (Fsp3) is 0.143. The number of thioether (sulfide) groups is 1. The van der Waals surface area contributed by atoms with Crippen molar-refractivity contribution < 1.29 is 4.79 Å². The van der Waals surface area contributed by atoms with Crippen LogP contribution in [0.1, 0.15) is 0 Å². The largest absolute Gasteiger partial charge is 0.317 e. The molecule has 0 fully saturated rings. The van der Waals surface area contributed by atoms with Crippen LogP contribution in [0.15, 0.2) is 24.5 Å². The van der Waals surface area contributed by atoms with Gasteiger partial charge < -0.3 is 5.32 Å². The summed E-state index contributed by atoms with van der Waals surface area (Å²) in [5, 5.41) is 2.62. The topological polar surface area (TPSA) is 42.0 Å². The first-order chi connectivity index (χ1) is 5.33. The maximum absolute atomic E-state index is 10.8. The van der Waals surface area contributed by atoms with Crippen LogP contribution in [-0.2, 0) is 0 Å². The van der Waals surface area contributed by atoms with Crippen LogP contribution in [0.3, 0.4) is 0 Å². The van der Waals surface area contributed by atoms with Gasteiger partial charge in [-0.1, -0.05) is 11.8 Å². The van der Waals surface area contributed by atoms with Gasteiger partial charge in [0, 0.05) is 18.1 Å². The molecule has 0 saturated carbocycles. The number of hydrogen-bond acceptors (Lipinski definition) is 3. The normalized spacial score (nSPS) is 9.18. The number of nitrogens with one attached hydrogen (secondary N) is 1. The van der Waals surface area contributed by atoms with Crippen molar-refractivity contribution in [1.29, 1.82) is 0 Å². The summed E-state index contributed by atoms with van der Waals surface area (Å²) in [4.78, 5) is 14.6. The van der Waals surface area contributed by atoms with Crippen molar-refractivity contribution >= 4 is 22.7 Å². The third-order valence-corrected chi connectivity index (χ3v) is 1.58. The highest BCUT2D eigenvalue weighted by molar-refractivity contribution is 8.13. The van der Waals surface area contributed by atoms with Gasteiger partial charge >= 0.3 is 0 Å². The van der Waals surface area contributed by atoms with Gasteiger partial charge in [0.15, 0.2) is 0 Å². The van der Waals surface area contributed by atoms with E-state index in [9.17, 15) is 4.79 Å². The average molecular weight is 168 g/mol. The molecule has 0 unspecified atom stereocenters. The van der Waals surface area contributed by atoms with Crippen LogP contribution in [0, 0.1) is 0 Å². The van der Waals surface area contributed by atoms with Crippen molar-refractivity contribution in [2.75, 3.05) is 11.6 Å². The minimum absolute atomic E-state index is 0.0591. The van der Waals surface area contributed by atoms with Gasteiger partial charge in [0.05, 0.1) is 0 Å². The SMILES string of the molecule is CSC(=O)Nc1ccncc1. The summed E-state index contributed by atoms with van der Waals surface area (Å²) in [5.41, 5.74) is 0.777. The number of carbonyl (C=O) groups is 1. The Hall–Kier alpha value is -1.03. The second-order valence-corrected chi connectivity index (χ2v) is 2.63. The predicted octanol–water partition coefficient (Wildman–Crippen LogP) is 1.98. The number of rotatable bonds is 1. The molecule has 1 amide bonds. The summed E-state index contributed by atoms with van der Waals surface area (Å²) < 4.78 is 0. The van der Waals surface area contributed by atoms with E-state index < -0.39 is 0 Å². The number of hydrogen-bond donors (Lipinski definition) is 1. The van der Waals surface area contributed by atoms with E-state index in [1.807, 2.05) is 0 Å². The first-order valence-electron chi connectivity index (χ1n) is 3.08. The molecule has 4 heteroatoms. The molecular weight excluding hydrogens is 160 g/mol. The van der Waals surface area contributed by atoms with E-state index in [0.717, 1.165) is 17.4 Å². The molecule has 0 aliphatic heterocycles. The minimum Gasteiger partial charge on any atom is -0.317 e. The Morgan fingerprint density at radius 3 is 2.73 bits per heavy atom. The highest BCUT2D eigenvalue weighted by atomic mass is 32.2. The molecule has 0 spiro atoms. The zero-order valence-corrected chi connectivity index (χ0v) is 6.89. The van der Waals surface area contributed by atoms with Crippen molar-refractivity contribution in [1.82, 2.24) is 4.98 Å². The monoisotopic (exact) mass is 168 g/mol. The molecule has 0 aliphatic carbocycles. The molecule has 58 valence electrons. The van der Waals surface area contributed by atoms with Crippen molar-refractivity contribution in [2.45, 2.75) is 0 Å². The lowest BCUT2D eigenvalue weighted by Crippen LogP contribution is -2.03. The molecule has 1 rings (SSSR count). The minimum atomic E-state index is -0.0591. The van der Waals surface area contributed by atoms with Gasteiger partial charge in [0.1, 0.15) is 0 Å². The van der Waals surface area contributed by atoms with Gasteiger partial charge in [-0.2, -0.15) is 0 Å². The van der Waals surface area contributed by atoms with E-state index in [1.54, 1.807) is 30.8 Å². The van der Waals surface area contributed by atoms with Crippen LogP contribution in [0.2, 0.25) is 0 Å². The lowest BCUT2D eigenvalue weighted by Gasteiger charge is -1.99. The van der Waals surface area contributed by atoms with Crippen LogP contribution < -0.4 is 5.32 Å². The van der Waals surface area contributed by atoms with Gasteiger partial charge in [-0.05, 0) is 18.4 Å². The molecular formula is C7H8N2OS. The van der Waals surface area contributed by atoms with Crippen molar-refractivity contribution in [3.05, 3.63) is 24.5 Å². The quantitative estimate of drug-likeness (QED) is 0.697. The maximum atomic E-state index is 10.8. The zero-order chi connectivity index (χ0) is 8.10. The molecule has 1 aromatic rings. The maximum Gasteiger partial charge on any atom is 0.283 e. The second kappa shape index (κ2) is 3.98. The van der Waals surface area contributed by atoms with Gasteiger partial charge in [-0.25, -0.2) is 0 Å². The average Bonchev–Trinajstić information content (AvgIpc) is 2.06. The molecule has 0 aliphatic rings. The molecule has 0 saturated heterocycles. The number of carbonyl (C=O) groups excluding carboxylic acids is 1. The first kappa shape index (κ1) is 8.07. The third kappa shape index (κ3) is 2.59. The number of aromatic nitrogens is 1. The van der Waals surface area contributed by atoms with E-state index in [4.69, 9.17) is 0 Å². The van der Waals surface area contributed by atoms with E-state index in [-0.39, 0.29) is 5.24 Å². The standard InChI is InChI=1S/C7H8N2OS/c1-11-7(10)9-6-2-4-8-5-3-6/h2-5H,1H3,(H,8,9,10). The van der Waals surface area contributed by atoms with Crippen LogP contribution in [0.25, 0.3) is 0 Å². The molecule has 0 atom stereocenters. The third-order valence-electron chi connectivity index (χ3n) is 1.11. The summed E-state index contributed by atoms with van der Waals surface area (Å²) in [6, 6.07) is 3.49. The summed E-state index contributed by atoms with van der Waals surface area (Å²) in [6.45, 7) is 0. The smallest absolute Gasteiger partial charge is 0.283 e. The molecule has 11 heavy (non-hydrogen) atoms. The molecule has 1 N–H and O–H groups in total. The van der Waals surface area contributed by atoms with Gasteiger partial charge in [-0.15, -0.1) is 0 Å². The molecule has 1 heterocycles. The predicted molar refractivity (Wildman–Crippen MR) is 46.8 cm³/mol. The zero-order valence-electron chi connectivity index (χ0n) is 6.07. The summed E-state index contributed by atoms with van der Waals surface area (Å²) in [7, 11) is 0. The van der Waals surface area contributed by atoms with Crippen molar-refractivity contribution in [3.8, 4) is 0 Å². The Bertz CT molecular complexity index is 237. The fourth-order valence-corrected chi connectivity index (χ4v) is 0.824. The fourth-order valence-electron chi connectivity index (χ4n) is 0.604. The number of nitrogens with zero attached hydrogens (tertiary/aromatic N) is 1. The number of pyridine rings is 1. The van der Waals surface area contributed by atoms with E-state index in [0.29, 0.717) is 0 Å². The Morgan fingerprint density at radius 1 is 1.55 bits per heavy atom. The Morgan fingerprint density at radius 2 is 2.18 bits per heavy atom. The summed E-state index contributed by atoms with van der Waals surface area (Å²) in [5.74, 6) is 0. The number of amides is 1. The van der Waals surface area contributed by atoms with Crippen LogP contribution in [0.4, 0.5) is 10.5 Å². The lowest BCUT2D eigenvalue weighted by molar-refractivity contribution is 0.270. The molecule has 0 bridgehead atoms. The summed E-state index contributed by atoms with van der Waals surface area (Å²) in [6.07, 6.45) is 5.00. The Labute approximate surface area is 69.2 Å². The summed E-state index contributed by atoms with van der Waals surface area (Å²) >= 11 is 1.15. The van der Waals surface area contributed by atoms with Gasteiger partial charge in [0.25, 0.3) is 5.24 Å². The molecule has 0 aromatic carbocycles. The highest BCUT2D eigenvalue weighted by Crippen LogP contribution is 2.06. The molecule has 0 radical (unpaired) electrons. The molecule has 1 aromatic heterocycles. The van der Waals surface area contributed by atoms with Crippen molar-refractivity contribution in [3.63, 3.8) is 0 Å². The van der Waals surface area contributed by atoms with E-state index >= 15 is 0 Å². The van der Waals surface area contributed by atoms with Gasteiger partial charge in [0.2, 0.25) is 0 Å². The van der Waals surface area contributed by atoms with Crippen molar-refractivity contribution in [2.24, 2.45) is 0 Å². The van der Waals surface area contributed by atoms with Gasteiger partial charge in [-0.3, -0.25) is 9.78 Å². The Balaban J connectivity index is 2.58. The van der Waals surface area contributed by atoms with Crippen LogP contribution >= 0.6 is 11.8 Å².